The Bertz CT molecular complexity index is 829. The lowest BCUT2D eigenvalue weighted by Gasteiger charge is -2.04. The third-order valence-corrected chi connectivity index (χ3v) is 3.68. The molecular weight excluding hydrogens is 391 g/mol. The first-order chi connectivity index (χ1) is 10.6. The molecular formula is C13H5BrCl2N6. The van der Waals surface area contributed by atoms with Gasteiger partial charge in [-0.3, -0.25) is 9.98 Å². The van der Waals surface area contributed by atoms with E-state index in [1.54, 1.807) is 0 Å². The zero-order valence-electron chi connectivity index (χ0n) is 10.7. The number of nitrogens with zero attached hydrogens (tertiary/aromatic N) is 6. The van der Waals surface area contributed by atoms with Crippen molar-refractivity contribution in [2.75, 3.05) is 0 Å². The second-order valence-electron chi connectivity index (χ2n) is 3.91. The summed E-state index contributed by atoms with van der Waals surface area (Å²) in [5.41, 5.74) is 10.1. The lowest BCUT2D eigenvalue weighted by molar-refractivity contribution is 1.27. The number of pyridine rings is 1. The molecule has 22 heavy (non-hydrogen) atoms. The SMILES string of the molecule is N#Cc1cc(Cl)c(/N=C/c2cncc(Br)c2N=[N+]=[N-])c(Cl)c1. The van der Waals surface area contributed by atoms with E-state index in [0.717, 1.165) is 0 Å². The third kappa shape index (κ3) is 3.56. The zero-order chi connectivity index (χ0) is 16.1. The van der Waals surface area contributed by atoms with Crippen molar-refractivity contribution in [2.45, 2.75) is 0 Å². The van der Waals surface area contributed by atoms with E-state index in [1.807, 2.05) is 6.07 Å². The van der Waals surface area contributed by atoms with Crippen LogP contribution in [0.1, 0.15) is 11.1 Å². The second kappa shape index (κ2) is 7.25. The van der Waals surface area contributed by atoms with Crippen LogP contribution in [0.3, 0.4) is 0 Å². The monoisotopic (exact) mass is 394 g/mol. The van der Waals surface area contributed by atoms with E-state index < -0.39 is 0 Å². The van der Waals surface area contributed by atoms with Gasteiger partial charge in [-0.05, 0) is 33.6 Å². The van der Waals surface area contributed by atoms with Crippen LogP contribution in [0.2, 0.25) is 10.0 Å². The highest BCUT2D eigenvalue weighted by Gasteiger charge is 2.08. The quantitative estimate of drug-likeness (QED) is 0.287. The number of halogens is 3. The van der Waals surface area contributed by atoms with Gasteiger partial charge in [-0.2, -0.15) is 5.26 Å². The normalized spacial score (nSPS) is 10.3. The van der Waals surface area contributed by atoms with Gasteiger partial charge in [0.05, 0.1) is 27.4 Å². The van der Waals surface area contributed by atoms with Crippen molar-refractivity contribution in [2.24, 2.45) is 10.1 Å². The lowest BCUT2D eigenvalue weighted by Crippen LogP contribution is -1.86. The zero-order valence-corrected chi connectivity index (χ0v) is 13.8. The molecule has 1 aromatic carbocycles. The Morgan fingerprint density at radius 3 is 2.55 bits per heavy atom. The van der Waals surface area contributed by atoms with Crippen LogP contribution in [-0.4, -0.2) is 11.2 Å². The minimum Gasteiger partial charge on any atom is -0.263 e. The highest BCUT2D eigenvalue weighted by molar-refractivity contribution is 9.10. The van der Waals surface area contributed by atoms with E-state index in [9.17, 15) is 0 Å². The molecule has 1 heterocycles. The van der Waals surface area contributed by atoms with Crippen LogP contribution >= 0.6 is 39.1 Å². The van der Waals surface area contributed by atoms with Crippen molar-refractivity contribution in [1.29, 1.82) is 5.26 Å². The second-order valence-corrected chi connectivity index (χ2v) is 5.58. The van der Waals surface area contributed by atoms with E-state index in [-0.39, 0.29) is 10.0 Å². The first kappa shape index (κ1) is 16.3. The summed E-state index contributed by atoms with van der Waals surface area (Å²) in [5.74, 6) is 0. The summed E-state index contributed by atoms with van der Waals surface area (Å²) in [7, 11) is 0. The number of aromatic nitrogens is 1. The molecule has 2 aromatic rings. The van der Waals surface area contributed by atoms with E-state index in [0.29, 0.717) is 27.0 Å². The van der Waals surface area contributed by atoms with Gasteiger partial charge in [0, 0.05) is 33.6 Å². The first-order valence-corrected chi connectivity index (χ1v) is 7.23. The molecule has 108 valence electrons. The average molecular weight is 396 g/mol. The molecule has 0 spiro atoms. The van der Waals surface area contributed by atoms with Crippen molar-refractivity contribution in [1.82, 2.24) is 4.98 Å². The summed E-state index contributed by atoms with van der Waals surface area (Å²) in [4.78, 5) is 10.9. The maximum atomic E-state index is 8.85. The van der Waals surface area contributed by atoms with Gasteiger partial charge in [0.1, 0.15) is 5.69 Å². The number of aliphatic imine (C=N–C) groups is 1. The molecule has 0 N–H and O–H groups in total. The molecule has 0 fully saturated rings. The summed E-state index contributed by atoms with van der Waals surface area (Å²) >= 11 is 15.4. The largest absolute Gasteiger partial charge is 0.263 e. The van der Waals surface area contributed by atoms with E-state index >= 15 is 0 Å². The number of azide groups is 1. The number of hydrogen-bond donors (Lipinski definition) is 0. The van der Waals surface area contributed by atoms with Gasteiger partial charge in [-0.15, -0.1) is 0 Å². The van der Waals surface area contributed by atoms with Gasteiger partial charge in [-0.25, -0.2) is 0 Å². The number of hydrogen-bond acceptors (Lipinski definition) is 4. The Morgan fingerprint density at radius 2 is 1.95 bits per heavy atom. The maximum absolute atomic E-state index is 8.85. The summed E-state index contributed by atoms with van der Waals surface area (Å²) in [6.45, 7) is 0. The van der Waals surface area contributed by atoms with E-state index in [1.165, 1.54) is 30.7 Å². The molecule has 0 aliphatic heterocycles. The minimum absolute atomic E-state index is 0.244. The van der Waals surface area contributed by atoms with E-state index in [2.05, 4.69) is 35.9 Å². The van der Waals surface area contributed by atoms with Crippen molar-refractivity contribution in [3.05, 3.63) is 60.6 Å². The minimum atomic E-state index is 0.244. The third-order valence-electron chi connectivity index (χ3n) is 2.52. The van der Waals surface area contributed by atoms with Crippen LogP contribution < -0.4 is 0 Å². The van der Waals surface area contributed by atoms with Crippen LogP contribution in [0.4, 0.5) is 11.4 Å². The summed E-state index contributed by atoms with van der Waals surface area (Å²) < 4.78 is 0.534. The van der Waals surface area contributed by atoms with Crippen LogP contribution in [0, 0.1) is 11.3 Å². The molecule has 1 aromatic heterocycles. The maximum Gasteiger partial charge on any atom is 0.100 e. The Hall–Kier alpha value is -2.10. The molecule has 0 saturated carbocycles. The smallest absolute Gasteiger partial charge is 0.100 e. The van der Waals surface area contributed by atoms with Gasteiger partial charge in [0.2, 0.25) is 0 Å². The molecule has 0 saturated heterocycles. The molecule has 2 rings (SSSR count). The summed E-state index contributed by atoms with van der Waals surface area (Å²) in [6, 6.07) is 4.88. The highest BCUT2D eigenvalue weighted by Crippen LogP contribution is 2.35. The Kier molecular flexibility index (Phi) is 5.36. The topological polar surface area (TPSA) is 97.8 Å². The van der Waals surface area contributed by atoms with Gasteiger partial charge in [0.25, 0.3) is 0 Å². The fourth-order valence-electron chi connectivity index (χ4n) is 1.58. The molecule has 0 aliphatic rings. The number of rotatable bonds is 3. The fraction of sp³-hybridized carbons (Fsp3) is 0. The van der Waals surface area contributed by atoms with Crippen LogP contribution in [0.15, 0.2) is 39.1 Å². The molecule has 6 nitrogen and oxygen atoms in total. The van der Waals surface area contributed by atoms with Gasteiger partial charge < -0.3 is 0 Å². The first-order valence-electron chi connectivity index (χ1n) is 5.68. The highest BCUT2D eigenvalue weighted by atomic mass is 79.9. The number of benzene rings is 1. The fourth-order valence-corrected chi connectivity index (χ4v) is 2.59. The predicted octanol–water partition coefficient (Wildman–Crippen LogP) is 5.71. The van der Waals surface area contributed by atoms with E-state index in [4.69, 9.17) is 34.0 Å². The molecule has 0 radical (unpaired) electrons. The molecule has 0 bridgehead atoms. The Morgan fingerprint density at radius 1 is 1.27 bits per heavy atom. The average Bonchev–Trinajstić information content (AvgIpc) is 2.49. The summed E-state index contributed by atoms with van der Waals surface area (Å²) in [5, 5.41) is 12.9. The Labute approximate surface area is 143 Å². The van der Waals surface area contributed by atoms with Gasteiger partial charge in [-0.1, -0.05) is 28.3 Å². The molecule has 0 unspecified atom stereocenters. The predicted molar refractivity (Wildman–Crippen MR) is 89.2 cm³/mol. The van der Waals surface area contributed by atoms with Gasteiger partial charge in [0.15, 0.2) is 0 Å². The lowest BCUT2D eigenvalue weighted by atomic mass is 10.2. The number of nitriles is 1. The molecule has 0 aliphatic carbocycles. The van der Waals surface area contributed by atoms with Crippen molar-refractivity contribution in [3.8, 4) is 6.07 Å². The van der Waals surface area contributed by atoms with Crippen molar-refractivity contribution >= 4 is 56.7 Å². The standard InChI is InChI=1S/C13H5BrCl2N6/c14-9-6-19-4-8(12(9)21-22-18)5-20-13-10(15)1-7(3-17)2-11(13)16/h1-2,4-6H/b20-5+. The molecule has 9 heteroatoms. The van der Waals surface area contributed by atoms with Crippen LogP contribution in [-0.2, 0) is 0 Å². The molecule has 0 amide bonds. The Balaban J connectivity index is 2.49. The van der Waals surface area contributed by atoms with Gasteiger partial charge >= 0.3 is 0 Å². The van der Waals surface area contributed by atoms with Crippen LogP contribution in [0.5, 0.6) is 0 Å². The van der Waals surface area contributed by atoms with Crippen molar-refractivity contribution < 1.29 is 0 Å². The van der Waals surface area contributed by atoms with Crippen molar-refractivity contribution in [3.63, 3.8) is 0 Å². The van der Waals surface area contributed by atoms with Crippen LogP contribution in [0.25, 0.3) is 10.4 Å². The molecule has 0 atom stereocenters. The summed E-state index contributed by atoms with van der Waals surface area (Å²) in [6.07, 6.45) is 4.42.